The molecule has 0 radical (unpaired) electrons. The van der Waals surface area contributed by atoms with Crippen molar-refractivity contribution < 1.29 is 19.1 Å². The van der Waals surface area contributed by atoms with Gasteiger partial charge in [-0.15, -0.1) is 0 Å². The number of hydrogen-bond donors (Lipinski definition) is 0. The average molecular weight is 365 g/mol. The van der Waals surface area contributed by atoms with Gasteiger partial charge in [-0.05, 0) is 24.0 Å². The van der Waals surface area contributed by atoms with Gasteiger partial charge in [-0.2, -0.15) is 0 Å². The number of nitrogens with zero attached hydrogens (tertiary/aromatic N) is 1. The maximum absolute atomic E-state index is 12.5. The molecule has 0 spiro atoms. The fraction of sp³-hybridized carbons (Fsp3) is 0.500. The van der Waals surface area contributed by atoms with E-state index in [4.69, 9.17) is 9.47 Å². The van der Waals surface area contributed by atoms with Gasteiger partial charge in [-0.1, -0.05) is 51.2 Å². The van der Waals surface area contributed by atoms with Gasteiger partial charge in [0, 0.05) is 0 Å². The number of ether oxygens (including phenoxy) is 2. The van der Waals surface area contributed by atoms with Crippen molar-refractivity contribution in [3.8, 4) is 0 Å². The van der Waals surface area contributed by atoms with Crippen LogP contribution in [0, 0.1) is 11.8 Å². The summed E-state index contributed by atoms with van der Waals surface area (Å²) in [4.78, 5) is 37.1. The summed E-state index contributed by atoms with van der Waals surface area (Å²) in [6.07, 6.45) is 0. The molecule has 136 valence electrons. The molecular formula is C18H23NO5S. The highest BCUT2D eigenvalue weighted by molar-refractivity contribution is 7.16. The number of rotatable bonds is 7. The van der Waals surface area contributed by atoms with Crippen molar-refractivity contribution in [3.05, 3.63) is 33.9 Å². The van der Waals surface area contributed by atoms with Gasteiger partial charge in [0.1, 0.15) is 0 Å². The molecule has 0 fully saturated rings. The van der Waals surface area contributed by atoms with Crippen LogP contribution in [0.4, 0.5) is 0 Å². The van der Waals surface area contributed by atoms with Crippen LogP contribution in [0.5, 0.6) is 0 Å². The molecular weight excluding hydrogens is 342 g/mol. The van der Waals surface area contributed by atoms with Gasteiger partial charge in [0.15, 0.2) is 0 Å². The molecule has 2 aromatic rings. The first-order valence-corrected chi connectivity index (χ1v) is 9.06. The zero-order valence-corrected chi connectivity index (χ0v) is 15.7. The monoisotopic (exact) mass is 365 g/mol. The van der Waals surface area contributed by atoms with Gasteiger partial charge in [0.2, 0.25) is 6.04 Å². The molecule has 25 heavy (non-hydrogen) atoms. The Morgan fingerprint density at radius 1 is 1.00 bits per heavy atom. The highest BCUT2D eigenvalue weighted by atomic mass is 32.1. The molecule has 0 unspecified atom stereocenters. The number of aromatic nitrogens is 1. The predicted molar refractivity (Wildman–Crippen MR) is 96.7 cm³/mol. The van der Waals surface area contributed by atoms with Crippen LogP contribution in [-0.2, 0) is 19.1 Å². The first-order chi connectivity index (χ1) is 11.8. The Kier molecular flexibility index (Phi) is 6.36. The Morgan fingerprint density at radius 2 is 1.52 bits per heavy atom. The molecule has 1 aromatic heterocycles. The van der Waals surface area contributed by atoms with E-state index in [1.165, 1.54) is 4.57 Å². The predicted octanol–water partition coefficient (Wildman–Crippen LogP) is 3.00. The molecule has 0 saturated heterocycles. The number of carbonyl (C=O) groups is 2. The molecule has 0 aliphatic carbocycles. The Hall–Kier alpha value is -2.15. The van der Waals surface area contributed by atoms with E-state index in [1.807, 2.05) is 27.7 Å². The lowest BCUT2D eigenvalue weighted by Gasteiger charge is -2.18. The summed E-state index contributed by atoms with van der Waals surface area (Å²) in [7, 11) is 0. The number of carbonyl (C=O) groups excluding carboxylic acids is 2. The number of benzene rings is 1. The highest BCUT2D eigenvalue weighted by Crippen LogP contribution is 2.22. The molecule has 0 saturated carbocycles. The number of thiazole rings is 1. The molecule has 1 aromatic carbocycles. The second-order valence-corrected chi connectivity index (χ2v) is 7.65. The Balaban J connectivity index is 2.42. The molecule has 1 heterocycles. The molecule has 6 nitrogen and oxygen atoms in total. The number of hydrogen-bond acceptors (Lipinski definition) is 6. The average Bonchev–Trinajstić information content (AvgIpc) is 2.87. The van der Waals surface area contributed by atoms with Crippen LogP contribution in [0.25, 0.3) is 10.2 Å². The third-order valence-corrected chi connectivity index (χ3v) is 4.28. The zero-order chi connectivity index (χ0) is 18.6. The molecule has 0 bridgehead atoms. The van der Waals surface area contributed by atoms with Gasteiger partial charge >= 0.3 is 16.8 Å². The van der Waals surface area contributed by atoms with E-state index < -0.39 is 22.9 Å². The fourth-order valence-corrected chi connectivity index (χ4v) is 3.10. The van der Waals surface area contributed by atoms with Gasteiger partial charge < -0.3 is 9.47 Å². The lowest BCUT2D eigenvalue weighted by atomic mass is 10.2. The Morgan fingerprint density at radius 3 is 2.04 bits per heavy atom. The van der Waals surface area contributed by atoms with E-state index in [-0.39, 0.29) is 25.0 Å². The van der Waals surface area contributed by atoms with Gasteiger partial charge in [-0.3, -0.25) is 9.36 Å². The van der Waals surface area contributed by atoms with Crippen LogP contribution >= 0.6 is 11.3 Å². The van der Waals surface area contributed by atoms with E-state index in [0.717, 1.165) is 11.3 Å². The van der Waals surface area contributed by atoms with E-state index in [1.54, 1.807) is 24.3 Å². The summed E-state index contributed by atoms with van der Waals surface area (Å²) in [6.45, 7) is 7.92. The van der Waals surface area contributed by atoms with Crippen molar-refractivity contribution in [1.82, 2.24) is 4.57 Å². The lowest BCUT2D eigenvalue weighted by molar-refractivity contribution is -0.162. The number of fused-ring (bicyclic) bond motifs is 1. The van der Waals surface area contributed by atoms with Crippen LogP contribution in [-0.4, -0.2) is 29.7 Å². The number of para-hydroxylation sites is 1. The summed E-state index contributed by atoms with van der Waals surface area (Å²) in [5, 5.41) is 0. The van der Waals surface area contributed by atoms with Crippen LogP contribution < -0.4 is 4.87 Å². The minimum Gasteiger partial charge on any atom is -0.463 e. The minimum atomic E-state index is -1.43. The SMILES string of the molecule is CC(C)COC(=O)C(C(=O)OCC(C)C)n1c(=O)sc2ccccc21. The van der Waals surface area contributed by atoms with Crippen LogP contribution in [0.2, 0.25) is 0 Å². The van der Waals surface area contributed by atoms with Crippen molar-refractivity contribution >= 4 is 33.5 Å². The summed E-state index contributed by atoms with van der Waals surface area (Å²) in [6, 6.07) is 5.59. The molecule has 0 aliphatic heterocycles. The highest BCUT2D eigenvalue weighted by Gasteiger charge is 2.35. The first-order valence-electron chi connectivity index (χ1n) is 8.24. The second-order valence-electron chi connectivity index (χ2n) is 6.66. The maximum atomic E-state index is 12.5. The van der Waals surface area contributed by atoms with E-state index in [0.29, 0.717) is 10.2 Å². The minimum absolute atomic E-state index is 0.118. The molecule has 0 amide bonds. The van der Waals surface area contributed by atoms with Crippen molar-refractivity contribution in [2.45, 2.75) is 33.7 Å². The Labute approximate surface area is 150 Å². The third kappa shape index (κ3) is 4.69. The molecule has 0 atom stereocenters. The van der Waals surface area contributed by atoms with Crippen LogP contribution in [0.1, 0.15) is 33.7 Å². The van der Waals surface area contributed by atoms with Gasteiger partial charge in [-0.25, -0.2) is 9.59 Å². The Bertz CT molecular complexity index is 781. The molecule has 7 heteroatoms. The summed E-state index contributed by atoms with van der Waals surface area (Å²) >= 11 is 0.983. The quantitative estimate of drug-likeness (QED) is 0.557. The smallest absolute Gasteiger partial charge is 0.341 e. The van der Waals surface area contributed by atoms with Crippen molar-refractivity contribution in [3.63, 3.8) is 0 Å². The first kappa shape index (κ1) is 19.2. The van der Waals surface area contributed by atoms with E-state index >= 15 is 0 Å². The van der Waals surface area contributed by atoms with Crippen molar-refractivity contribution in [2.24, 2.45) is 11.8 Å². The largest absolute Gasteiger partial charge is 0.463 e. The van der Waals surface area contributed by atoms with Crippen LogP contribution in [0.3, 0.4) is 0 Å². The summed E-state index contributed by atoms with van der Waals surface area (Å²) < 4.78 is 12.3. The summed E-state index contributed by atoms with van der Waals surface area (Å²) in [5.74, 6) is -1.30. The van der Waals surface area contributed by atoms with Crippen molar-refractivity contribution in [1.29, 1.82) is 0 Å². The van der Waals surface area contributed by atoms with Crippen LogP contribution in [0.15, 0.2) is 29.1 Å². The normalized spacial score (nSPS) is 11.5. The van der Waals surface area contributed by atoms with E-state index in [9.17, 15) is 14.4 Å². The van der Waals surface area contributed by atoms with E-state index in [2.05, 4.69) is 0 Å². The second kappa shape index (κ2) is 8.29. The van der Waals surface area contributed by atoms with Gasteiger partial charge in [0.05, 0.1) is 23.4 Å². The standard InChI is InChI=1S/C18H23NO5S/c1-11(2)9-23-16(20)15(17(21)24-10-12(3)4)19-13-7-5-6-8-14(13)25-18(19)22/h5-8,11-12,15H,9-10H2,1-4H3. The lowest BCUT2D eigenvalue weighted by Crippen LogP contribution is -2.36. The topological polar surface area (TPSA) is 74.6 Å². The van der Waals surface area contributed by atoms with Crippen molar-refractivity contribution in [2.75, 3.05) is 13.2 Å². The maximum Gasteiger partial charge on any atom is 0.341 e. The molecule has 0 aliphatic rings. The molecule has 2 rings (SSSR count). The zero-order valence-electron chi connectivity index (χ0n) is 14.9. The number of esters is 2. The van der Waals surface area contributed by atoms with Gasteiger partial charge in [0.25, 0.3) is 0 Å². The fourth-order valence-electron chi connectivity index (χ4n) is 2.19. The summed E-state index contributed by atoms with van der Waals surface area (Å²) in [5.41, 5.74) is 0.519. The molecule has 0 N–H and O–H groups in total. The third-order valence-electron chi connectivity index (χ3n) is 3.34.